The Morgan fingerprint density at radius 2 is 1.66 bits per heavy atom. The quantitative estimate of drug-likeness (QED) is 0.419. The Morgan fingerprint density at radius 3 is 2.31 bits per heavy atom. The summed E-state index contributed by atoms with van der Waals surface area (Å²) in [6.45, 7) is 1.48. The van der Waals surface area contributed by atoms with E-state index in [1.54, 1.807) is 23.1 Å². The van der Waals surface area contributed by atoms with E-state index in [0.717, 1.165) is 15.6 Å². The molecule has 0 aromatic heterocycles. The number of carbonyl (C=O) groups is 1. The predicted molar refractivity (Wildman–Crippen MR) is 121 cm³/mol. The number of amides is 1. The maximum atomic E-state index is 13.5. The minimum Gasteiger partial charge on any atom is -0.307 e. The van der Waals surface area contributed by atoms with Gasteiger partial charge in [-0.3, -0.25) is 19.2 Å². The van der Waals surface area contributed by atoms with E-state index in [2.05, 4.69) is 0 Å². The summed E-state index contributed by atoms with van der Waals surface area (Å²) in [5.74, 6) is -0.375. The Morgan fingerprint density at radius 1 is 1.03 bits per heavy atom. The second-order valence-corrected chi connectivity index (χ2v) is 9.41. The molecule has 1 aliphatic rings. The van der Waals surface area contributed by atoms with Gasteiger partial charge in [0, 0.05) is 23.9 Å². The number of nitro benzene ring substituents is 1. The molecule has 0 fully saturated rings. The molecule has 8 nitrogen and oxygen atoms in total. The normalized spacial score (nSPS) is 15.3. The number of non-ortho nitro benzene ring substituents is 1. The first-order valence-electron chi connectivity index (χ1n) is 10.0. The third-order valence-electron chi connectivity index (χ3n) is 5.43. The van der Waals surface area contributed by atoms with Crippen LogP contribution in [0, 0.1) is 10.1 Å². The lowest BCUT2D eigenvalue weighted by molar-refractivity contribution is -0.384. The highest BCUT2D eigenvalue weighted by molar-refractivity contribution is 7.92. The Labute approximate surface area is 185 Å². The summed E-state index contributed by atoms with van der Waals surface area (Å²) in [6, 6.07) is 20.4. The molecule has 1 heterocycles. The van der Waals surface area contributed by atoms with E-state index in [1.807, 2.05) is 31.2 Å². The lowest BCUT2D eigenvalue weighted by Gasteiger charge is -2.28. The number of nitrogens with zero attached hydrogens (tertiary/aromatic N) is 3. The minimum absolute atomic E-state index is 0.0287. The van der Waals surface area contributed by atoms with Crippen LogP contribution in [0.3, 0.4) is 0 Å². The number of rotatable bonds is 6. The number of carbonyl (C=O) groups excluding carboxylic acids is 1. The number of hydrogen-bond donors (Lipinski definition) is 0. The summed E-state index contributed by atoms with van der Waals surface area (Å²) in [6.07, 6.45) is 0.685. The van der Waals surface area contributed by atoms with Crippen molar-refractivity contribution in [1.29, 1.82) is 0 Å². The third-order valence-corrected chi connectivity index (χ3v) is 7.22. The van der Waals surface area contributed by atoms with Crippen LogP contribution < -0.4 is 9.21 Å². The van der Waals surface area contributed by atoms with Crippen LogP contribution in [-0.2, 0) is 21.2 Å². The lowest BCUT2D eigenvalue weighted by Crippen LogP contribution is -2.45. The van der Waals surface area contributed by atoms with E-state index in [0.29, 0.717) is 6.42 Å². The van der Waals surface area contributed by atoms with Crippen molar-refractivity contribution in [3.05, 3.63) is 94.5 Å². The van der Waals surface area contributed by atoms with Crippen LogP contribution in [0.4, 0.5) is 17.1 Å². The fraction of sp³-hybridized carbons (Fsp3) is 0.174. The maximum absolute atomic E-state index is 13.5. The highest BCUT2D eigenvalue weighted by Gasteiger charge is 2.34. The van der Waals surface area contributed by atoms with Crippen molar-refractivity contribution in [3.63, 3.8) is 0 Å². The summed E-state index contributed by atoms with van der Waals surface area (Å²) in [5, 5.41) is 11.0. The molecule has 0 radical (unpaired) electrons. The van der Waals surface area contributed by atoms with Gasteiger partial charge in [0.2, 0.25) is 5.91 Å². The molecule has 0 saturated heterocycles. The SMILES string of the molecule is CC1Cc2ccccc2N1C(=O)CN(c1ccc([N+](=O)[O-])cc1)S(=O)(=O)c1ccccc1. The van der Waals surface area contributed by atoms with E-state index in [1.165, 1.54) is 36.4 Å². The van der Waals surface area contributed by atoms with Gasteiger partial charge in [-0.2, -0.15) is 0 Å². The van der Waals surface area contributed by atoms with Crippen LogP contribution in [0.15, 0.2) is 83.8 Å². The second kappa shape index (κ2) is 8.43. The molecular formula is C23H21N3O5S. The average Bonchev–Trinajstić information content (AvgIpc) is 3.13. The van der Waals surface area contributed by atoms with Crippen LogP contribution in [-0.4, -0.2) is 31.8 Å². The Kier molecular flexibility index (Phi) is 5.67. The third kappa shape index (κ3) is 3.94. The molecule has 0 saturated carbocycles. The molecule has 4 rings (SSSR count). The van der Waals surface area contributed by atoms with Gasteiger partial charge in [0.15, 0.2) is 0 Å². The molecule has 3 aromatic rings. The van der Waals surface area contributed by atoms with Gasteiger partial charge in [-0.05, 0) is 49.2 Å². The molecule has 1 atom stereocenters. The molecule has 32 heavy (non-hydrogen) atoms. The first-order valence-corrected chi connectivity index (χ1v) is 11.5. The smallest absolute Gasteiger partial charge is 0.269 e. The van der Waals surface area contributed by atoms with Crippen LogP contribution >= 0.6 is 0 Å². The molecule has 1 amide bonds. The molecule has 0 N–H and O–H groups in total. The summed E-state index contributed by atoms with van der Waals surface area (Å²) in [7, 11) is -4.09. The van der Waals surface area contributed by atoms with Crippen molar-refractivity contribution in [2.45, 2.75) is 24.3 Å². The van der Waals surface area contributed by atoms with E-state index in [9.17, 15) is 23.3 Å². The van der Waals surface area contributed by atoms with E-state index < -0.39 is 21.5 Å². The topological polar surface area (TPSA) is 101 Å². The van der Waals surface area contributed by atoms with E-state index in [-0.39, 0.29) is 28.2 Å². The zero-order chi connectivity index (χ0) is 22.9. The molecule has 0 bridgehead atoms. The van der Waals surface area contributed by atoms with Crippen LogP contribution in [0.25, 0.3) is 0 Å². The van der Waals surface area contributed by atoms with Gasteiger partial charge >= 0.3 is 0 Å². The highest BCUT2D eigenvalue weighted by atomic mass is 32.2. The summed E-state index contributed by atoms with van der Waals surface area (Å²) >= 11 is 0. The lowest BCUT2D eigenvalue weighted by atomic mass is 10.1. The fourth-order valence-electron chi connectivity index (χ4n) is 3.92. The van der Waals surface area contributed by atoms with Gasteiger partial charge in [0.25, 0.3) is 15.7 Å². The first kappa shape index (κ1) is 21.5. The van der Waals surface area contributed by atoms with Crippen LogP contribution in [0.1, 0.15) is 12.5 Å². The molecule has 9 heteroatoms. The van der Waals surface area contributed by atoms with Crippen molar-refractivity contribution < 1.29 is 18.1 Å². The summed E-state index contributed by atoms with van der Waals surface area (Å²) in [5.41, 5.74) is 1.80. The number of fused-ring (bicyclic) bond motifs is 1. The summed E-state index contributed by atoms with van der Waals surface area (Å²) < 4.78 is 27.9. The Hall–Kier alpha value is -3.72. The van der Waals surface area contributed by atoms with Crippen LogP contribution in [0.2, 0.25) is 0 Å². The summed E-state index contributed by atoms with van der Waals surface area (Å²) in [4.78, 5) is 25.5. The molecule has 1 unspecified atom stereocenters. The highest BCUT2D eigenvalue weighted by Crippen LogP contribution is 2.33. The number of anilines is 2. The Bertz CT molecular complexity index is 1260. The van der Waals surface area contributed by atoms with Crippen molar-refractivity contribution in [1.82, 2.24) is 0 Å². The van der Waals surface area contributed by atoms with Gasteiger partial charge in [0.05, 0.1) is 15.5 Å². The predicted octanol–water partition coefficient (Wildman–Crippen LogP) is 3.77. The molecular weight excluding hydrogens is 430 g/mol. The van der Waals surface area contributed by atoms with E-state index in [4.69, 9.17) is 0 Å². The van der Waals surface area contributed by atoms with Gasteiger partial charge in [-0.25, -0.2) is 8.42 Å². The van der Waals surface area contributed by atoms with Crippen LogP contribution in [0.5, 0.6) is 0 Å². The van der Waals surface area contributed by atoms with Crippen molar-refractivity contribution in [3.8, 4) is 0 Å². The average molecular weight is 452 g/mol. The van der Waals surface area contributed by atoms with Gasteiger partial charge < -0.3 is 4.90 Å². The van der Waals surface area contributed by atoms with Crippen molar-refractivity contribution in [2.24, 2.45) is 0 Å². The first-order chi connectivity index (χ1) is 15.3. The largest absolute Gasteiger partial charge is 0.307 e. The van der Waals surface area contributed by atoms with Gasteiger partial charge in [0.1, 0.15) is 6.54 Å². The van der Waals surface area contributed by atoms with Gasteiger partial charge in [-0.1, -0.05) is 36.4 Å². The molecule has 0 spiro atoms. The molecule has 164 valence electrons. The fourth-order valence-corrected chi connectivity index (χ4v) is 5.36. The number of nitro groups is 1. The van der Waals surface area contributed by atoms with Crippen molar-refractivity contribution in [2.75, 3.05) is 15.7 Å². The minimum atomic E-state index is -4.09. The zero-order valence-corrected chi connectivity index (χ0v) is 18.1. The monoisotopic (exact) mass is 451 g/mol. The molecule has 1 aliphatic heterocycles. The zero-order valence-electron chi connectivity index (χ0n) is 17.3. The maximum Gasteiger partial charge on any atom is 0.269 e. The number of sulfonamides is 1. The van der Waals surface area contributed by atoms with E-state index >= 15 is 0 Å². The van der Waals surface area contributed by atoms with Crippen molar-refractivity contribution >= 4 is 33.0 Å². The standard InChI is InChI=1S/C23H21N3O5S/c1-17-15-18-7-5-6-10-22(18)25(17)23(27)16-24(19-11-13-20(14-12-19)26(28)29)32(30,31)21-8-3-2-4-9-21/h2-14,17H,15-16H2,1H3. The number of para-hydroxylation sites is 1. The number of hydrogen-bond acceptors (Lipinski definition) is 5. The molecule has 0 aliphatic carbocycles. The Balaban J connectivity index is 1.73. The molecule has 3 aromatic carbocycles. The van der Waals surface area contributed by atoms with Gasteiger partial charge in [-0.15, -0.1) is 0 Å². The number of benzene rings is 3. The second-order valence-electron chi connectivity index (χ2n) is 7.54.